The summed E-state index contributed by atoms with van der Waals surface area (Å²) in [4.78, 5) is 29.6. The van der Waals surface area contributed by atoms with Gasteiger partial charge in [-0.05, 0) is 44.9 Å². The van der Waals surface area contributed by atoms with Gasteiger partial charge in [0.15, 0.2) is 0 Å². The van der Waals surface area contributed by atoms with Crippen molar-refractivity contribution in [2.24, 2.45) is 0 Å². The number of aryl methyl sites for hydroxylation is 1. The topological polar surface area (TPSA) is 63.0 Å². The van der Waals surface area contributed by atoms with Gasteiger partial charge in [-0.3, -0.25) is 9.59 Å². The van der Waals surface area contributed by atoms with Crippen molar-refractivity contribution in [2.45, 2.75) is 58.0 Å². The van der Waals surface area contributed by atoms with Crippen LogP contribution in [0.2, 0.25) is 0 Å². The highest BCUT2D eigenvalue weighted by Gasteiger charge is 2.44. The number of nitrogens with zero attached hydrogens (tertiary/aromatic N) is 2. The molecule has 0 unspecified atom stereocenters. The lowest BCUT2D eigenvalue weighted by Gasteiger charge is -2.47. The summed E-state index contributed by atoms with van der Waals surface area (Å²) >= 11 is 0. The SMILES string of the molecule is CCN(CC)C(=O)C[C@H]1CC2(CCN(C(=O)c3ccoc3C)CC2)Oc2ccccc21. The number of piperidine rings is 1. The van der Waals surface area contributed by atoms with E-state index >= 15 is 0 Å². The molecule has 1 spiro atoms. The third-order valence-corrected chi connectivity index (χ3v) is 6.89. The van der Waals surface area contributed by atoms with Gasteiger partial charge in [-0.15, -0.1) is 0 Å². The number of likely N-dealkylation sites (tertiary alicyclic amines) is 1. The molecule has 0 bridgehead atoms. The number of hydrogen-bond acceptors (Lipinski definition) is 4. The predicted molar refractivity (Wildman–Crippen MR) is 118 cm³/mol. The van der Waals surface area contributed by atoms with Crippen LogP contribution in [-0.2, 0) is 4.79 Å². The Bertz CT molecular complexity index is 939. The van der Waals surface area contributed by atoms with E-state index in [0.29, 0.717) is 30.8 Å². The molecule has 3 heterocycles. The van der Waals surface area contributed by atoms with Crippen LogP contribution in [0.5, 0.6) is 5.75 Å². The van der Waals surface area contributed by atoms with Gasteiger partial charge in [0, 0.05) is 51.4 Å². The van der Waals surface area contributed by atoms with E-state index in [9.17, 15) is 9.59 Å². The molecule has 6 heteroatoms. The quantitative estimate of drug-likeness (QED) is 0.714. The normalized spacial score (nSPS) is 19.6. The molecule has 1 aromatic carbocycles. The highest BCUT2D eigenvalue weighted by Crippen LogP contribution is 2.46. The van der Waals surface area contributed by atoms with E-state index in [1.54, 1.807) is 12.3 Å². The van der Waals surface area contributed by atoms with E-state index in [0.717, 1.165) is 43.7 Å². The van der Waals surface area contributed by atoms with Crippen LogP contribution >= 0.6 is 0 Å². The first kappa shape index (κ1) is 21.5. The van der Waals surface area contributed by atoms with Gasteiger partial charge in [-0.2, -0.15) is 0 Å². The molecular formula is C25H32N2O4. The average molecular weight is 425 g/mol. The smallest absolute Gasteiger partial charge is 0.257 e. The summed E-state index contributed by atoms with van der Waals surface area (Å²) in [5, 5.41) is 0. The monoisotopic (exact) mass is 424 g/mol. The van der Waals surface area contributed by atoms with Crippen LogP contribution in [0.25, 0.3) is 0 Å². The minimum atomic E-state index is -0.329. The van der Waals surface area contributed by atoms with Gasteiger partial charge in [0.2, 0.25) is 5.91 Å². The minimum absolute atomic E-state index is 0.0190. The summed E-state index contributed by atoms with van der Waals surface area (Å²) in [6.45, 7) is 8.61. The largest absolute Gasteiger partial charge is 0.487 e. The number of para-hydroxylation sites is 1. The first-order valence-corrected chi connectivity index (χ1v) is 11.4. The molecule has 2 amide bonds. The van der Waals surface area contributed by atoms with Crippen LogP contribution in [0.3, 0.4) is 0 Å². The highest BCUT2D eigenvalue weighted by atomic mass is 16.5. The van der Waals surface area contributed by atoms with Crippen LogP contribution in [0, 0.1) is 6.92 Å². The zero-order chi connectivity index (χ0) is 22.0. The summed E-state index contributed by atoms with van der Waals surface area (Å²) in [7, 11) is 0. The number of amides is 2. The molecule has 2 aromatic rings. The summed E-state index contributed by atoms with van der Waals surface area (Å²) in [5.41, 5.74) is 1.43. The standard InChI is InChI=1S/C25H32N2O4/c1-4-26(5-2)23(28)16-19-17-25(31-22-9-7-6-8-21(19)22)11-13-27(14-12-25)24(29)20-10-15-30-18(20)3/h6-10,15,19H,4-5,11-14,16-17H2,1-3H3/t19-/m0/s1. The van der Waals surface area contributed by atoms with Crippen molar-refractivity contribution in [3.8, 4) is 5.75 Å². The van der Waals surface area contributed by atoms with Crippen molar-refractivity contribution >= 4 is 11.8 Å². The number of hydrogen-bond donors (Lipinski definition) is 0. The third kappa shape index (κ3) is 4.21. The molecule has 4 rings (SSSR count). The van der Waals surface area contributed by atoms with E-state index < -0.39 is 0 Å². The van der Waals surface area contributed by atoms with Gasteiger partial charge in [0.25, 0.3) is 5.91 Å². The molecule has 6 nitrogen and oxygen atoms in total. The molecule has 1 fully saturated rings. The molecule has 2 aliphatic rings. The Kier molecular flexibility index (Phi) is 6.08. The van der Waals surface area contributed by atoms with Crippen LogP contribution in [0.15, 0.2) is 41.0 Å². The number of benzene rings is 1. The van der Waals surface area contributed by atoms with Crippen molar-refractivity contribution in [3.05, 3.63) is 53.5 Å². The number of fused-ring (bicyclic) bond motifs is 1. The molecule has 0 aliphatic carbocycles. The van der Waals surface area contributed by atoms with Crippen molar-refractivity contribution in [1.29, 1.82) is 0 Å². The summed E-state index contributed by atoms with van der Waals surface area (Å²) in [5.74, 6) is 1.89. The zero-order valence-electron chi connectivity index (χ0n) is 18.7. The molecular weight excluding hydrogens is 392 g/mol. The van der Waals surface area contributed by atoms with Crippen LogP contribution < -0.4 is 4.74 Å². The molecule has 1 aromatic heterocycles. The highest BCUT2D eigenvalue weighted by molar-refractivity contribution is 5.95. The number of carbonyl (C=O) groups is 2. The van der Waals surface area contributed by atoms with Gasteiger partial charge >= 0.3 is 0 Å². The van der Waals surface area contributed by atoms with Crippen LogP contribution in [0.1, 0.15) is 67.1 Å². The van der Waals surface area contributed by atoms with E-state index in [-0.39, 0.29) is 23.3 Å². The molecule has 2 aliphatic heterocycles. The van der Waals surface area contributed by atoms with E-state index in [1.807, 2.05) is 48.8 Å². The summed E-state index contributed by atoms with van der Waals surface area (Å²) < 4.78 is 11.9. The Labute approximate surface area is 184 Å². The van der Waals surface area contributed by atoms with Crippen molar-refractivity contribution in [1.82, 2.24) is 9.80 Å². The Balaban J connectivity index is 1.50. The first-order valence-electron chi connectivity index (χ1n) is 11.4. The molecule has 166 valence electrons. The minimum Gasteiger partial charge on any atom is -0.487 e. The Morgan fingerprint density at radius 1 is 1.13 bits per heavy atom. The van der Waals surface area contributed by atoms with E-state index in [1.165, 1.54) is 0 Å². The fourth-order valence-electron chi connectivity index (χ4n) is 5.04. The molecule has 0 saturated carbocycles. The fraction of sp³-hybridized carbons (Fsp3) is 0.520. The first-order chi connectivity index (χ1) is 15.0. The molecule has 31 heavy (non-hydrogen) atoms. The van der Waals surface area contributed by atoms with E-state index in [4.69, 9.17) is 9.15 Å². The van der Waals surface area contributed by atoms with Gasteiger partial charge in [-0.25, -0.2) is 0 Å². The van der Waals surface area contributed by atoms with Crippen molar-refractivity contribution in [2.75, 3.05) is 26.2 Å². The maximum Gasteiger partial charge on any atom is 0.257 e. The number of rotatable bonds is 5. The van der Waals surface area contributed by atoms with Crippen molar-refractivity contribution < 1.29 is 18.7 Å². The second-order valence-corrected chi connectivity index (χ2v) is 8.68. The van der Waals surface area contributed by atoms with Gasteiger partial charge in [-0.1, -0.05) is 18.2 Å². The van der Waals surface area contributed by atoms with Gasteiger partial charge in [0.05, 0.1) is 11.8 Å². The number of carbonyl (C=O) groups excluding carboxylic acids is 2. The third-order valence-electron chi connectivity index (χ3n) is 6.89. The Morgan fingerprint density at radius 2 is 1.84 bits per heavy atom. The second kappa shape index (κ2) is 8.77. The second-order valence-electron chi connectivity index (χ2n) is 8.68. The number of furan rings is 1. The lowest BCUT2D eigenvalue weighted by molar-refractivity contribution is -0.131. The lowest BCUT2D eigenvalue weighted by atomic mass is 9.76. The van der Waals surface area contributed by atoms with Crippen LogP contribution in [-0.4, -0.2) is 53.4 Å². The molecule has 1 atom stereocenters. The summed E-state index contributed by atoms with van der Waals surface area (Å²) in [6.07, 6.45) is 4.40. The summed E-state index contributed by atoms with van der Waals surface area (Å²) in [6, 6.07) is 9.84. The molecule has 0 radical (unpaired) electrons. The maximum absolute atomic E-state index is 12.9. The van der Waals surface area contributed by atoms with Gasteiger partial charge in [0.1, 0.15) is 17.1 Å². The molecule has 0 N–H and O–H groups in total. The Hall–Kier alpha value is -2.76. The molecule has 1 saturated heterocycles. The lowest BCUT2D eigenvalue weighted by Crippen LogP contribution is -2.52. The average Bonchev–Trinajstić information content (AvgIpc) is 3.20. The van der Waals surface area contributed by atoms with Crippen molar-refractivity contribution in [3.63, 3.8) is 0 Å². The van der Waals surface area contributed by atoms with Crippen LogP contribution in [0.4, 0.5) is 0 Å². The fourth-order valence-corrected chi connectivity index (χ4v) is 5.04. The van der Waals surface area contributed by atoms with Gasteiger partial charge < -0.3 is 19.0 Å². The zero-order valence-corrected chi connectivity index (χ0v) is 18.7. The predicted octanol–water partition coefficient (Wildman–Crippen LogP) is 4.39. The Morgan fingerprint density at radius 3 is 2.48 bits per heavy atom. The maximum atomic E-state index is 12.9. The van der Waals surface area contributed by atoms with E-state index in [2.05, 4.69) is 6.07 Å². The number of ether oxygens (including phenoxy) is 1.